The summed E-state index contributed by atoms with van der Waals surface area (Å²) in [7, 11) is 0. The van der Waals surface area contributed by atoms with Crippen molar-refractivity contribution in [3.05, 3.63) is 54.0 Å². The number of rotatable bonds is 2. The van der Waals surface area contributed by atoms with Gasteiger partial charge in [-0.15, -0.1) is 15.3 Å². The monoisotopic (exact) mass is 404 g/mol. The largest absolute Gasteiger partial charge is 0.368 e. The zero-order chi connectivity index (χ0) is 20.1. The highest BCUT2D eigenvalue weighted by Crippen LogP contribution is 2.43. The van der Waals surface area contributed by atoms with Gasteiger partial charge in [-0.1, -0.05) is 18.2 Å². The number of ether oxygens (including phenoxy) is 1. The van der Waals surface area contributed by atoms with Crippen LogP contribution in [0.15, 0.2) is 36.9 Å². The fraction of sp³-hybridized carbons (Fsp3) is 0.350. The molecule has 1 saturated heterocycles. The van der Waals surface area contributed by atoms with Crippen LogP contribution in [0.4, 0.5) is 0 Å². The Labute approximate surface area is 171 Å². The molecule has 3 aromatic heterocycles. The highest BCUT2D eigenvalue weighted by atomic mass is 16.5. The molecule has 2 N–H and O–H groups in total. The number of H-pyrrole nitrogens is 2. The fourth-order valence-electron chi connectivity index (χ4n) is 4.65. The second-order valence-corrected chi connectivity index (χ2v) is 7.76. The molecule has 0 atom stereocenters. The summed E-state index contributed by atoms with van der Waals surface area (Å²) in [5, 5.41) is 15.5. The molecule has 6 rings (SSSR count). The van der Waals surface area contributed by atoms with E-state index in [0.29, 0.717) is 25.6 Å². The SMILES string of the molecule is O=C(c1nc(-n2cnnc2)n[nH]1)N1CCC2(CC1)OCCc1c2[nH]c2ccccc12. The molecule has 10 heteroatoms. The van der Waals surface area contributed by atoms with E-state index < -0.39 is 0 Å². The lowest BCUT2D eigenvalue weighted by molar-refractivity contribution is -0.0958. The lowest BCUT2D eigenvalue weighted by Crippen LogP contribution is -2.48. The van der Waals surface area contributed by atoms with E-state index in [1.54, 1.807) is 4.57 Å². The van der Waals surface area contributed by atoms with E-state index in [-0.39, 0.29) is 17.3 Å². The summed E-state index contributed by atoms with van der Waals surface area (Å²) in [4.78, 5) is 22.6. The Hall–Kier alpha value is -3.53. The van der Waals surface area contributed by atoms with Crippen LogP contribution >= 0.6 is 0 Å². The number of hydrogen-bond donors (Lipinski definition) is 2. The molecule has 1 spiro atoms. The van der Waals surface area contributed by atoms with Crippen molar-refractivity contribution in [3.8, 4) is 5.95 Å². The molecular formula is C20H20N8O2. The molecular weight excluding hydrogens is 384 g/mol. The van der Waals surface area contributed by atoms with Gasteiger partial charge in [0.05, 0.1) is 12.3 Å². The predicted octanol–water partition coefficient (Wildman–Crippen LogP) is 1.57. The summed E-state index contributed by atoms with van der Waals surface area (Å²) in [6, 6.07) is 8.40. The van der Waals surface area contributed by atoms with E-state index in [4.69, 9.17) is 4.74 Å². The smallest absolute Gasteiger partial charge is 0.291 e. The number of carbonyl (C=O) groups excluding carboxylic acids is 1. The van der Waals surface area contributed by atoms with Crippen LogP contribution in [0.1, 0.15) is 34.7 Å². The van der Waals surface area contributed by atoms with Crippen LogP contribution in [-0.4, -0.2) is 65.4 Å². The molecule has 10 nitrogen and oxygen atoms in total. The van der Waals surface area contributed by atoms with Crippen molar-refractivity contribution in [2.24, 2.45) is 0 Å². The second kappa shape index (κ2) is 6.49. The lowest BCUT2D eigenvalue weighted by Gasteiger charge is -2.43. The molecule has 2 aliphatic rings. The highest BCUT2D eigenvalue weighted by Gasteiger charge is 2.43. The summed E-state index contributed by atoms with van der Waals surface area (Å²) in [6.07, 6.45) is 5.37. The summed E-state index contributed by atoms with van der Waals surface area (Å²) < 4.78 is 7.87. The molecule has 0 bridgehead atoms. The van der Waals surface area contributed by atoms with Gasteiger partial charge in [-0.05, 0) is 30.9 Å². The molecule has 4 aromatic rings. The first-order chi connectivity index (χ1) is 14.7. The van der Waals surface area contributed by atoms with Crippen molar-refractivity contribution < 1.29 is 9.53 Å². The molecule has 1 aromatic carbocycles. The molecule has 1 amide bonds. The molecule has 0 radical (unpaired) electrons. The Morgan fingerprint density at radius 3 is 2.77 bits per heavy atom. The number of fused-ring (bicyclic) bond motifs is 4. The van der Waals surface area contributed by atoms with Crippen molar-refractivity contribution in [2.75, 3.05) is 19.7 Å². The maximum atomic E-state index is 12.9. The van der Waals surface area contributed by atoms with Gasteiger partial charge in [0.2, 0.25) is 5.82 Å². The first-order valence-corrected chi connectivity index (χ1v) is 10.0. The first kappa shape index (κ1) is 17.3. The molecule has 30 heavy (non-hydrogen) atoms. The predicted molar refractivity (Wildman–Crippen MR) is 106 cm³/mol. The van der Waals surface area contributed by atoms with Crippen LogP contribution in [0, 0.1) is 0 Å². The second-order valence-electron chi connectivity index (χ2n) is 7.76. The molecule has 5 heterocycles. The Balaban J connectivity index is 1.23. The van der Waals surface area contributed by atoms with E-state index in [9.17, 15) is 4.79 Å². The zero-order valence-corrected chi connectivity index (χ0v) is 16.2. The van der Waals surface area contributed by atoms with Gasteiger partial charge >= 0.3 is 0 Å². The average molecular weight is 404 g/mol. The number of likely N-dealkylation sites (tertiary alicyclic amines) is 1. The number of piperidine rings is 1. The third kappa shape index (κ3) is 2.57. The number of carbonyl (C=O) groups is 1. The van der Waals surface area contributed by atoms with E-state index in [1.807, 2.05) is 11.0 Å². The van der Waals surface area contributed by atoms with Gasteiger partial charge in [-0.2, -0.15) is 4.98 Å². The van der Waals surface area contributed by atoms with Crippen LogP contribution in [0.2, 0.25) is 0 Å². The first-order valence-electron chi connectivity index (χ1n) is 10.0. The molecule has 2 aliphatic heterocycles. The quantitative estimate of drug-likeness (QED) is 0.524. The number of nitrogens with one attached hydrogen (secondary N) is 2. The Morgan fingerprint density at radius 1 is 1.13 bits per heavy atom. The van der Waals surface area contributed by atoms with E-state index in [2.05, 4.69) is 48.6 Å². The van der Waals surface area contributed by atoms with Crippen molar-refractivity contribution >= 4 is 16.8 Å². The zero-order valence-electron chi connectivity index (χ0n) is 16.2. The third-order valence-electron chi connectivity index (χ3n) is 6.18. The van der Waals surface area contributed by atoms with Gasteiger partial charge < -0.3 is 14.6 Å². The van der Waals surface area contributed by atoms with E-state index >= 15 is 0 Å². The molecule has 1 fully saturated rings. The summed E-state index contributed by atoms with van der Waals surface area (Å²) in [5.41, 5.74) is 3.31. The highest BCUT2D eigenvalue weighted by molar-refractivity contribution is 5.90. The van der Waals surface area contributed by atoms with Crippen molar-refractivity contribution in [3.63, 3.8) is 0 Å². The van der Waals surface area contributed by atoms with Crippen LogP contribution in [0.25, 0.3) is 16.9 Å². The van der Waals surface area contributed by atoms with Crippen LogP contribution < -0.4 is 0 Å². The van der Waals surface area contributed by atoms with Gasteiger partial charge in [-0.3, -0.25) is 14.5 Å². The molecule has 0 saturated carbocycles. The van der Waals surface area contributed by atoms with Gasteiger partial charge in [0.1, 0.15) is 18.3 Å². The number of benzene rings is 1. The Morgan fingerprint density at radius 2 is 1.93 bits per heavy atom. The lowest BCUT2D eigenvalue weighted by atomic mass is 9.83. The number of aromatic amines is 2. The minimum atomic E-state index is -0.363. The fourth-order valence-corrected chi connectivity index (χ4v) is 4.65. The summed E-state index contributed by atoms with van der Waals surface area (Å²) in [5.74, 6) is 0.394. The normalized spacial score (nSPS) is 18.1. The topological polar surface area (TPSA) is 118 Å². The minimum absolute atomic E-state index is 0.163. The van der Waals surface area contributed by atoms with Crippen LogP contribution in [-0.2, 0) is 16.8 Å². The maximum Gasteiger partial charge on any atom is 0.291 e. The number of nitrogens with zero attached hydrogens (tertiary/aromatic N) is 6. The van der Waals surface area contributed by atoms with Gasteiger partial charge in [0.25, 0.3) is 11.9 Å². The average Bonchev–Trinajstić information content (AvgIpc) is 3.53. The number of para-hydroxylation sites is 1. The Kier molecular flexibility index (Phi) is 3.75. The van der Waals surface area contributed by atoms with Crippen molar-refractivity contribution in [1.82, 2.24) is 39.8 Å². The van der Waals surface area contributed by atoms with Gasteiger partial charge in [0.15, 0.2) is 0 Å². The molecule has 0 aliphatic carbocycles. The van der Waals surface area contributed by atoms with E-state index in [1.165, 1.54) is 29.3 Å². The van der Waals surface area contributed by atoms with Crippen LogP contribution in [0.5, 0.6) is 0 Å². The van der Waals surface area contributed by atoms with Gasteiger partial charge in [-0.25, -0.2) is 0 Å². The van der Waals surface area contributed by atoms with Gasteiger partial charge in [0, 0.05) is 24.0 Å². The number of amides is 1. The molecule has 0 unspecified atom stereocenters. The maximum absolute atomic E-state index is 12.9. The standard InChI is InChI=1S/C20H20N8O2/c29-18(17-24-19(26-25-17)28-11-21-22-12-28)27-8-6-20(7-9-27)16-14(5-10-30-20)13-3-1-2-4-15(13)23-16/h1-4,11-12,23H,5-10H2,(H,24,25,26). The van der Waals surface area contributed by atoms with Crippen molar-refractivity contribution in [1.29, 1.82) is 0 Å². The minimum Gasteiger partial charge on any atom is -0.368 e. The number of aromatic nitrogens is 7. The summed E-state index contributed by atoms with van der Waals surface area (Å²) in [6.45, 7) is 1.89. The third-order valence-corrected chi connectivity index (χ3v) is 6.18. The number of hydrogen-bond acceptors (Lipinski definition) is 6. The van der Waals surface area contributed by atoms with E-state index in [0.717, 1.165) is 24.8 Å². The Bertz CT molecular complexity index is 1220. The summed E-state index contributed by atoms with van der Waals surface area (Å²) >= 11 is 0. The van der Waals surface area contributed by atoms with Crippen LogP contribution in [0.3, 0.4) is 0 Å². The van der Waals surface area contributed by atoms with Crippen molar-refractivity contribution in [2.45, 2.75) is 24.9 Å². The molecule has 152 valence electrons.